The molecule has 0 amide bonds. The summed E-state index contributed by atoms with van der Waals surface area (Å²) in [6, 6.07) is 14.3. The van der Waals surface area contributed by atoms with Crippen molar-refractivity contribution in [1.82, 2.24) is 0 Å². The van der Waals surface area contributed by atoms with Gasteiger partial charge in [0.05, 0.1) is 6.10 Å². The van der Waals surface area contributed by atoms with E-state index in [0.717, 1.165) is 21.2 Å². The Morgan fingerprint density at radius 1 is 1.11 bits per heavy atom. The summed E-state index contributed by atoms with van der Waals surface area (Å²) >= 11 is 3.45. The number of rotatable bonds is 3. The van der Waals surface area contributed by atoms with Crippen molar-refractivity contribution in [2.24, 2.45) is 0 Å². The quantitative estimate of drug-likeness (QED) is 0.894. The van der Waals surface area contributed by atoms with Gasteiger partial charge in [-0.2, -0.15) is 0 Å². The number of aliphatic hydroxyl groups is 1. The highest BCUT2D eigenvalue weighted by molar-refractivity contribution is 9.10. The van der Waals surface area contributed by atoms with Crippen LogP contribution in [0.15, 0.2) is 46.9 Å². The molecule has 2 aromatic rings. The molecule has 0 saturated carbocycles. The Morgan fingerprint density at radius 2 is 1.89 bits per heavy atom. The normalized spacial score (nSPS) is 12.4. The maximum atomic E-state index is 10.4. The van der Waals surface area contributed by atoms with Gasteiger partial charge in [-0.3, -0.25) is 0 Å². The van der Waals surface area contributed by atoms with Crippen LogP contribution in [0.2, 0.25) is 0 Å². The molecule has 94 valence electrons. The molecule has 1 N–H and O–H groups in total. The zero-order chi connectivity index (χ0) is 13.1. The van der Waals surface area contributed by atoms with Crippen molar-refractivity contribution >= 4 is 15.9 Å². The summed E-state index contributed by atoms with van der Waals surface area (Å²) in [5, 5.41) is 10.4. The highest BCUT2D eigenvalue weighted by atomic mass is 79.9. The molecular formula is C16H17BrO. The standard InChI is InChI=1S/C16H17BrO/c1-11-6-7-12(2)15(8-11)16(18)10-13-4-3-5-14(17)9-13/h3-9,16,18H,10H2,1-2H3. The molecule has 0 heterocycles. The van der Waals surface area contributed by atoms with E-state index in [9.17, 15) is 5.11 Å². The van der Waals surface area contributed by atoms with Crippen LogP contribution in [-0.2, 0) is 6.42 Å². The van der Waals surface area contributed by atoms with Crippen LogP contribution in [0.5, 0.6) is 0 Å². The second-order valence-electron chi connectivity index (χ2n) is 4.71. The van der Waals surface area contributed by atoms with Gasteiger partial charge in [0.2, 0.25) is 0 Å². The van der Waals surface area contributed by atoms with E-state index in [1.54, 1.807) is 0 Å². The Kier molecular flexibility index (Phi) is 4.20. The van der Waals surface area contributed by atoms with E-state index in [0.29, 0.717) is 6.42 Å². The molecular weight excluding hydrogens is 288 g/mol. The third-order valence-corrected chi connectivity index (χ3v) is 3.61. The van der Waals surface area contributed by atoms with Gasteiger partial charge in [-0.25, -0.2) is 0 Å². The fourth-order valence-electron chi connectivity index (χ4n) is 2.12. The van der Waals surface area contributed by atoms with Crippen LogP contribution in [0.3, 0.4) is 0 Å². The summed E-state index contributed by atoms with van der Waals surface area (Å²) in [7, 11) is 0. The molecule has 1 unspecified atom stereocenters. The topological polar surface area (TPSA) is 20.2 Å². The van der Waals surface area contributed by atoms with E-state index in [1.807, 2.05) is 31.2 Å². The molecule has 2 rings (SSSR count). The second-order valence-corrected chi connectivity index (χ2v) is 5.63. The Morgan fingerprint density at radius 3 is 2.61 bits per heavy atom. The average Bonchev–Trinajstić information content (AvgIpc) is 2.32. The molecule has 0 spiro atoms. The molecule has 0 aliphatic heterocycles. The number of aliphatic hydroxyl groups excluding tert-OH is 1. The fraction of sp³-hybridized carbons (Fsp3) is 0.250. The van der Waals surface area contributed by atoms with Gasteiger partial charge in [0.1, 0.15) is 0 Å². The van der Waals surface area contributed by atoms with Gasteiger partial charge < -0.3 is 5.11 Å². The molecule has 0 aliphatic carbocycles. The molecule has 1 atom stereocenters. The van der Waals surface area contributed by atoms with Gasteiger partial charge in [0.15, 0.2) is 0 Å². The van der Waals surface area contributed by atoms with Crippen LogP contribution >= 0.6 is 15.9 Å². The van der Waals surface area contributed by atoms with Crippen molar-refractivity contribution in [3.05, 3.63) is 69.2 Å². The molecule has 2 aromatic carbocycles. The van der Waals surface area contributed by atoms with Gasteiger partial charge in [-0.05, 0) is 42.7 Å². The summed E-state index contributed by atoms with van der Waals surface area (Å²) in [6.45, 7) is 4.09. The summed E-state index contributed by atoms with van der Waals surface area (Å²) in [6.07, 6.45) is 0.197. The lowest BCUT2D eigenvalue weighted by atomic mass is 9.96. The maximum Gasteiger partial charge on any atom is 0.0833 e. The van der Waals surface area contributed by atoms with Crippen LogP contribution < -0.4 is 0 Å². The van der Waals surface area contributed by atoms with Crippen LogP contribution in [0, 0.1) is 13.8 Å². The summed E-state index contributed by atoms with van der Waals surface area (Å²) < 4.78 is 1.05. The summed E-state index contributed by atoms with van der Waals surface area (Å²) in [4.78, 5) is 0. The van der Waals surface area contributed by atoms with Crippen LogP contribution in [-0.4, -0.2) is 5.11 Å². The molecule has 0 radical (unpaired) electrons. The third kappa shape index (κ3) is 3.21. The monoisotopic (exact) mass is 304 g/mol. The van der Waals surface area contributed by atoms with Crippen LogP contribution in [0.25, 0.3) is 0 Å². The van der Waals surface area contributed by atoms with Crippen molar-refractivity contribution in [2.75, 3.05) is 0 Å². The van der Waals surface area contributed by atoms with Crippen molar-refractivity contribution in [3.8, 4) is 0 Å². The smallest absolute Gasteiger partial charge is 0.0833 e. The minimum atomic E-state index is -0.445. The predicted molar refractivity (Wildman–Crippen MR) is 78.7 cm³/mol. The first-order valence-electron chi connectivity index (χ1n) is 6.06. The minimum absolute atomic E-state index is 0.445. The van der Waals surface area contributed by atoms with E-state index >= 15 is 0 Å². The number of hydrogen-bond acceptors (Lipinski definition) is 1. The Labute approximate surface area is 117 Å². The van der Waals surface area contributed by atoms with Crippen molar-refractivity contribution in [3.63, 3.8) is 0 Å². The first-order valence-corrected chi connectivity index (χ1v) is 6.85. The van der Waals surface area contributed by atoms with Crippen LogP contribution in [0.4, 0.5) is 0 Å². The zero-order valence-electron chi connectivity index (χ0n) is 10.7. The molecule has 0 aromatic heterocycles. The molecule has 2 heteroatoms. The minimum Gasteiger partial charge on any atom is -0.388 e. The van der Waals surface area contributed by atoms with Gasteiger partial charge in [-0.1, -0.05) is 51.8 Å². The second kappa shape index (κ2) is 5.68. The third-order valence-electron chi connectivity index (χ3n) is 3.11. The van der Waals surface area contributed by atoms with Gasteiger partial charge in [0.25, 0.3) is 0 Å². The van der Waals surface area contributed by atoms with Gasteiger partial charge >= 0.3 is 0 Å². The van der Waals surface area contributed by atoms with E-state index in [4.69, 9.17) is 0 Å². The Bertz CT molecular complexity index is 549. The van der Waals surface area contributed by atoms with E-state index in [1.165, 1.54) is 5.56 Å². The Hall–Kier alpha value is -1.12. The lowest BCUT2D eigenvalue weighted by molar-refractivity contribution is 0.177. The van der Waals surface area contributed by atoms with Crippen molar-refractivity contribution < 1.29 is 5.11 Å². The number of aryl methyl sites for hydroxylation is 2. The van der Waals surface area contributed by atoms with E-state index in [2.05, 4.69) is 41.1 Å². The SMILES string of the molecule is Cc1ccc(C)c(C(O)Cc2cccc(Br)c2)c1. The lowest BCUT2D eigenvalue weighted by Gasteiger charge is -2.15. The first kappa shape index (κ1) is 13.3. The number of benzene rings is 2. The maximum absolute atomic E-state index is 10.4. The molecule has 0 bridgehead atoms. The highest BCUT2D eigenvalue weighted by Gasteiger charge is 2.11. The van der Waals surface area contributed by atoms with Crippen LogP contribution in [0.1, 0.15) is 28.4 Å². The molecule has 0 aliphatic rings. The predicted octanol–water partition coefficient (Wildman–Crippen LogP) is 4.34. The molecule has 0 fully saturated rings. The zero-order valence-corrected chi connectivity index (χ0v) is 12.2. The van der Waals surface area contributed by atoms with E-state index < -0.39 is 6.10 Å². The summed E-state index contributed by atoms with van der Waals surface area (Å²) in [5.41, 5.74) is 4.49. The number of halogens is 1. The highest BCUT2D eigenvalue weighted by Crippen LogP contribution is 2.24. The molecule has 18 heavy (non-hydrogen) atoms. The Balaban J connectivity index is 2.21. The molecule has 0 saturated heterocycles. The average molecular weight is 305 g/mol. The van der Waals surface area contributed by atoms with Crippen molar-refractivity contribution in [2.45, 2.75) is 26.4 Å². The molecule has 1 nitrogen and oxygen atoms in total. The largest absolute Gasteiger partial charge is 0.388 e. The fourth-order valence-corrected chi connectivity index (χ4v) is 2.56. The van der Waals surface area contributed by atoms with E-state index in [-0.39, 0.29) is 0 Å². The van der Waals surface area contributed by atoms with Gasteiger partial charge in [0, 0.05) is 10.9 Å². The number of hydrogen-bond donors (Lipinski definition) is 1. The lowest BCUT2D eigenvalue weighted by Crippen LogP contribution is -2.04. The van der Waals surface area contributed by atoms with Crippen molar-refractivity contribution in [1.29, 1.82) is 0 Å². The van der Waals surface area contributed by atoms with Gasteiger partial charge in [-0.15, -0.1) is 0 Å². The summed E-state index contributed by atoms with van der Waals surface area (Å²) in [5.74, 6) is 0. The first-order chi connectivity index (χ1) is 8.56.